The van der Waals surface area contributed by atoms with Gasteiger partial charge in [-0.15, -0.1) is 0 Å². The smallest absolute Gasteiger partial charge is 0.288 e. The predicted molar refractivity (Wildman–Crippen MR) is 92.8 cm³/mol. The first-order valence-corrected chi connectivity index (χ1v) is 8.70. The van der Waals surface area contributed by atoms with Gasteiger partial charge in [0.15, 0.2) is 5.11 Å². The van der Waals surface area contributed by atoms with E-state index in [0.717, 1.165) is 38.2 Å². The van der Waals surface area contributed by atoms with Crippen LogP contribution in [-0.2, 0) is 0 Å². The number of anilines is 1. The molecule has 0 unspecified atom stereocenters. The Labute approximate surface area is 139 Å². The molecule has 0 amide bonds. The van der Waals surface area contributed by atoms with E-state index < -0.39 is 5.76 Å². The van der Waals surface area contributed by atoms with Crippen LogP contribution in [0, 0.1) is 0 Å². The maximum absolute atomic E-state index is 12.3. The van der Waals surface area contributed by atoms with Crippen molar-refractivity contribution in [3.05, 3.63) is 24.3 Å². The third kappa shape index (κ3) is 5.70. The van der Waals surface area contributed by atoms with Gasteiger partial charge in [0.05, 0.1) is 0 Å². The number of thiocarbonyl (C=S) groups is 1. The van der Waals surface area contributed by atoms with Crippen molar-refractivity contribution in [2.75, 3.05) is 25.0 Å². The van der Waals surface area contributed by atoms with Gasteiger partial charge in [-0.2, -0.15) is 8.78 Å². The van der Waals surface area contributed by atoms with Gasteiger partial charge in [-0.25, -0.2) is 0 Å². The molecule has 1 aliphatic rings. The van der Waals surface area contributed by atoms with Crippen molar-refractivity contribution in [3.63, 3.8) is 0 Å². The number of alkyl halides is 2. The molecule has 1 aromatic rings. The molecule has 1 aliphatic heterocycles. The fraction of sp³-hybridized carbons (Fsp3) is 0.533. The zero-order chi connectivity index (χ0) is 15.9. The Bertz CT molecular complexity index is 474. The summed E-state index contributed by atoms with van der Waals surface area (Å²) in [6, 6.07) is 7.26. The first kappa shape index (κ1) is 17.4. The number of nitrogens with one attached hydrogen (secondary N) is 2. The third-order valence-corrected chi connectivity index (χ3v) is 4.65. The molecule has 22 heavy (non-hydrogen) atoms. The van der Waals surface area contributed by atoms with Crippen molar-refractivity contribution in [1.29, 1.82) is 0 Å². The molecule has 0 aliphatic carbocycles. The Morgan fingerprint density at radius 3 is 2.50 bits per heavy atom. The summed E-state index contributed by atoms with van der Waals surface area (Å²) in [4.78, 5) is 2.97. The lowest BCUT2D eigenvalue weighted by molar-refractivity contribution is 0.216. The van der Waals surface area contributed by atoms with Crippen LogP contribution >= 0.6 is 24.0 Å². The summed E-state index contributed by atoms with van der Waals surface area (Å²) in [5.41, 5.74) is 0.808. The lowest BCUT2D eigenvalue weighted by Gasteiger charge is -2.32. The van der Waals surface area contributed by atoms with Gasteiger partial charge in [-0.1, -0.05) is 18.7 Å². The number of halogens is 2. The molecule has 2 N–H and O–H groups in total. The fourth-order valence-electron chi connectivity index (χ4n) is 2.47. The highest BCUT2D eigenvalue weighted by atomic mass is 32.2. The maximum Gasteiger partial charge on any atom is 0.288 e. The molecule has 0 spiro atoms. The molecule has 1 fully saturated rings. The minimum absolute atomic E-state index is 0.400. The van der Waals surface area contributed by atoms with E-state index in [9.17, 15) is 8.78 Å². The molecule has 3 nitrogen and oxygen atoms in total. The molecule has 7 heteroatoms. The molecule has 0 aromatic heterocycles. The van der Waals surface area contributed by atoms with E-state index in [1.807, 2.05) is 0 Å². The minimum Gasteiger partial charge on any atom is -0.360 e. The van der Waals surface area contributed by atoms with Crippen molar-refractivity contribution >= 4 is 34.8 Å². The van der Waals surface area contributed by atoms with E-state index >= 15 is 0 Å². The summed E-state index contributed by atoms with van der Waals surface area (Å²) in [5.74, 6) is -2.39. The zero-order valence-electron chi connectivity index (χ0n) is 12.5. The Morgan fingerprint density at radius 1 is 1.32 bits per heavy atom. The van der Waals surface area contributed by atoms with Crippen molar-refractivity contribution < 1.29 is 8.78 Å². The van der Waals surface area contributed by atoms with E-state index in [0.29, 0.717) is 27.8 Å². The Hall–Kier alpha value is -0.920. The SMILES string of the molecule is CCN1CCC(NC(=S)Nc2ccc(SC(F)F)cc2)CC1. The van der Waals surface area contributed by atoms with Gasteiger partial charge < -0.3 is 15.5 Å². The third-order valence-electron chi connectivity index (χ3n) is 3.71. The molecule has 0 radical (unpaired) electrons. The predicted octanol–water partition coefficient (Wildman–Crippen LogP) is 3.77. The Balaban J connectivity index is 1.77. The first-order chi connectivity index (χ1) is 10.6. The van der Waals surface area contributed by atoms with Crippen LogP contribution in [0.3, 0.4) is 0 Å². The van der Waals surface area contributed by atoms with Gasteiger partial charge >= 0.3 is 0 Å². The van der Waals surface area contributed by atoms with Gasteiger partial charge in [-0.05, 0) is 55.9 Å². The van der Waals surface area contributed by atoms with Gasteiger partial charge in [0.1, 0.15) is 0 Å². The number of rotatable bonds is 5. The highest BCUT2D eigenvalue weighted by molar-refractivity contribution is 7.99. The number of likely N-dealkylation sites (tertiary alicyclic amines) is 1. The van der Waals surface area contributed by atoms with E-state index in [-0.39, 0.29) is 0 Å². The van der Waals surface area contributed by atoms with Crippen LogP contribution in [0.5, 0.6) is 0 Å². The average molecular weight is 345 g/mol. The van der Waals surface area contributed by atoms with Crippen molar-refractivity contribution in [2.45, 2.75) is 36.5 Å². The summed E-state index contributed by atoms with van der Waals surface area (Å²) < 4.78 is 24.5. The lowest BCUT2D eigenvalue weighted by Crippen LogP contribution is -2.45. The van der Waals surface area contributed by atoms with Gasteiger partial charge in [0.2, 0.25) is 0 Å². The molecule has 2 rings (SSSR count). The van der Waals surface area contributed by atoms with Crippen molar-refractivity contribution in [3.8, 4) is 0 Å². The van der Waals surface area contributed by atoms with Crippen molar-refractivity contribution in [2.24, 2.45) is 0 Å². The summed E-state index contributed by atoms with van der Waals surface area (Å²) in [5, 5.41) is 7.02. The average Bonchev–Trinajstić information content (AvgIpc) is 2.49. The van der Waals surface area contributed by atoms with Crippen molar-refractivity contribution in [1.82, 2.24) is 10.2 Å². The second-order valence-electron chi connectivity index (χ2n) is 5.21. The van der Waals surface area contributed by atoms with Crippen LogP contribution in [0.1, 0.15) is 19.8 Å². The normalized spacial score (nSPS) is 16.7. The fourth-order valence-corrected chi connectivity index (χ4v) is 3.25. The standard InChI is InChI=1S/C15H21F2N3S2/c1-2-20-9-7-12(8-10-20)19-15(21)18-11-3-5-13(6-4-11)22-14(16)17/h3-6,12,14H,2,7-10H2,1H3,(H2,18,19,21). The van der Waals surface area contributed by atoms with Crippen LogP contribution in [0.15, 0.2) is 29.2 Å². The zero-order valence-corrected chi connectivity index (χ0v) is 14.2. The summed E-state index contributed by atoms with van der Waals surface area (Å²) in [7, 11) is 0. The molecule has 1 aromatic carbocycles. The van der Waals surface area contributed by atoms with E-state index in [2.05, 4.69) is 22.5 Å². The number of thioether (sulfide) groups is 1. The van der Waals surface area contributed by atoms with Crippen LogP contribution in [-0.4, -0.2) is 41.4 Å². The number of piperidine rings is 1. The highest BCUT2D eigenvalue weighted by Gasteiger charge is 2.18. The topological polar surface area (TPSA) is 27.3 Å². The largest absolute Gasteiger partial charge is 0.360 e. The summed E-state index contributed by atoms with van der Waals surface area (Å²) >= 11 is 5.86. The molecule has 1 heterocycles. The molecule has 0 bridgehead atoms. The highest BCUT2D eigenvalue weighted by Crippen LogP contribution is 2.26. The second-order valence-corrected chi connectivity index (χ2v) is 6.68. The summed E-state index contributed by atoms with van der Waals surface area (Å²) in [6.07, 6.45) is 2.17. The number of hydrogen-bond acceptors (Lipinski definition) is 3. The minimum atomic E-state index is -2.39. The van der Waals surface area contributed by atoms with Gasteiger partial charge in [0.25, 0.3) is 5.76 Å². The van der Waals surface area contributed by atoms with E-state index in [1.54, 1.807) is 24.3 Å². The molecular weight excluding hydrogens is 324 g/mol. The maximum atomic E-state index is 12.3. The number of hydrogen-bond donors (Lipinski definition) is 2. The Morgan fingerprint density at radius 2 is 1.95 bits per heavy atom. The number of nitrogens with zero attached hydrogens (tertiary/aromatic N) is 1. The van der Waals surface area contributed by atoms with Gasteiger partial charge in [0, 0.05) is 29.7 Å². The van der Waals surface area contributed by atoms with Crippen LogP contribution in [0.2, 0.25) is 0 Å². The Kier molecular flexibility index (Phi) is 6.85. The molecule has 122 valence electrons. The van der Waals surface area contributed by atoms with Crippen LogP contribution < -0.4 is 10.6 Å². The molecular formula is C15H21F2N3S2. The van der Waals surface area contributed by atoms with Crippen LogP contribution in [0.4, 0.5) is 14.5 Å². The first-order valence-electron chi connectivity index (χ1n) is 7.41. The second kappa shape index (κ2) is 8.64. The number of benzene rings is 1. The monoisotopic (exact) mass is 345 g/mol. The molecule has 0 saturated carbocycles. The van der Waals surface area contributed by atoms with Gasteiger partial charge in [-0.3, -0.25) is 0 Å². The molecule has 1 saturated heterocycles. The van der Waals surface area contributed by atoms with E-state index in [1.165, 1.54) is 0 Å². The van der Waals surface area contributed by atoms with E-state index in [4.69, 9.17) is 12.2 Å². The van der Waals surface area contributed by atoms with Crippen LogP contribution in [0.25, 0.3) is 0 Å². The quantitative estimate of drug-likeness (QED) is 0.626. The lowest BCUT2D eigenvalue weighted by atomic mass is 10.1. The summed E-state index contributed by atoms with van der Waals surface area (Å²) in [6.45, 7) is 5.46. The molecule has 0 atom stereocenters.